The molecule has 2 aromatic rings. The molecule has 122 valence electrons. The number of carbonyl (C=O) groups excluding carboxylic acids is 1. The predicted octanol–water partition coefficient (Wildman–Crippen LogP) is 3.15. The van der Waals surface area contributed by atoms with Crippen LogP contribution in [0.5, 0.6) is 11.5 Å². The van der Waals surface area contributed by atoms with Crippen LogP contribution in [0.25, 0.3) is 0 Å². The molecular formula is C16H17ClN2O4. The van der Waals surface area contributed by atoms with Gasteiger partial charge < -0.3 is 19.5 Å². The van der Waals surface area contributed by atoms with Gasteiger partial charge in [-0.15, -0.1) is 0 Å². The molecule has 6 nitrogen and oxygen atoms in total. The van der Waals surface area contributed by atoms with E-state index < -0.39 is 5.97 Å². The van der Waals surface area contributed by atoms with E-state index in [4.69, 9.17) is 21.1 Å². The second kappa shape index (κ2) is 7.69. The van der Waals surface area contributed by atoms with Crippen molar-refractivity contribution in [1.29, 1.82) is 0 Å². The standard InChI is InChI=1S/C16H17ClN2O4/c1-21-12-5-4-10(13(8-12)22-2)9-18-15-7-11(16(20)23-3)6-14(17)19-15/h4-8H,9H2,1-3H3,(H,18,19). The summed E-state index contributed by atoms with van der Waals surface area (Å²) >= 11 is 5.93. The molecule has 0 bridgehead atoms. The molecule has 7 heteroatoms. The number of ether oxygens (including phenoxy) is 3. The summed E-state index contributed by atoms with van der Waals surface area (Å²) in [6, 6.07) is 8.55. The number of carbonyl (C=O) groups is 1. The van der Waals surface area contributed by atoms with Crippen LogP contribution in [0.1, 0.15) is 15.9 Å². The summed E-state index contributed by atoms with van der Waals surface area (Å²) in [7, 11) is 4.49. The smallest absolute Gasteiger partial charge is 0.338 e. The highest BCUT2D eigenvalue weighted by molar-refractivity contribution is 6.29. The highest BCUT2D eigenvalue weighted by Gasteiger charge is 2.10. The Bertz CT molecular complexity index is 706. The van der Waals surface area contributed by atoms with E-state index in [1.165, 1.54) is 13.2 Å². The average molecular weight is 337 g/mol. The van der Waals surface area contributed by atoms with Crippen LogP contribution >= 0.6 is 11.6 Å². The number of benzene rings is 1. The van der Waals surface area contributed by atoms with Crippen molar-refractivity contribution in [2.45, 2.75) is 6.54 Å². The van der Waals surface area contributed by atoms with Crippen LogP contribution in [0, 0.1) is 0 Å². The Morgan fingerprint density at radius 2 is 1.96 bits per heavy atom. The summed E-state index contributed by atoms with van der Waals surface area (Å²) in [5, 5.41) is 3.31. The van der Waals surface area contributed by atoms with Crippen molar-refractivity contribution < 1.29 is 19.0 Å². The van der Waals surface area contributed by atoms with Gasteiger partial charge in [0.2, 0.25) is 0 Å². The fraction of sp³-hybridized carbons (Fsp3) is 0.250. The lowest BCUT2D eigenvalue weighted by atomic mass is 10.2. The molecule has 0 aliphatic carbocycles. The van der Waals surface area contributed by atoms with E-state index in [9.17, 15) is 4.79 Å². The largest absolute Gasteiger partial charge is 0.497 e. The van der Waals surface area contributed by atoms with Crippen molar-refractivity contribution in [2.75, 3.05) is 26.6 Å². The van der Waals surface area contributed by atoms with Crippen molar-refractivity contribution in [2.24, 2.45) is 0 Å². The van der Waals surface area contributed by atoms with Crippen molar-refractivity contribution in [3.8, 4) is 11.5 Å². The van der Waals surface area contributed by atoms with Gasteiger partial charge >= 0.3 is 5.97 Å². The van der Waals surface area contributed by atoms with Gasteiger partial charge in [0.1, 0.15) is 22.5 Å². The zero-order chi connectivity index (χ0) is 16.8. The van der Waals surface area contributed by atoms with E-state index >= 15 is 0 Å². The molecule has 0 spiro atoms. The van der Waals surface area contributed by atoms with E-state index in [1.54, 1.807) is 26.4 Å². The summed E-state index contributed by atoms with van der Waals surface area (Å²) in [5.74, 6) is 1.39. The Morgan fingerprint density at radius 1 is 1.17 bits per heavy atom. The number of hydrogen-bond acceptors (Lipinski definition) is 6. The summed E-state index contributed by atoms with van der Waals surface area (Å²) in [6.07, 6.45) is 0. The first kappa shape index (κ1) is 16.9. The molecule has 0 atom stereocenters. The van der Waals surface area contributed by atoms with Crippen LogP contribution in [0.2, 0.25) is 5.15 Å². The third-order valence-electron chi connectivity index (χ3n) is 3.17. The van der Waals surface area contributed by atoms with Crippen LogP contribution in [0.4, 0.5) is 5.82 Å². The van der Waals surface area contributed by atoms with Crippen LogP contribution in [0.3, 0.4) is 0 Å². The zero-order valence-electron chi connectivity index (χ0n) is 13.1. The monoisotopic (exact) mass is 336 g/mol. The first-order valence-corrected chi connectivity index (χ1v) is 7.16. The van der Waals surface area contributed by atoms with Gasteiger partial charge in [0.25, 0.3) is 0 Å². The first-order chi connectivity index (χ1) is 11.1. The number of anilines is 1. The summed E-state index contributed by atoms with van der Waals surface area (Å²) in [4.78, 5) is 15.7. The van der Waals surface area contributed by atoms with Gasteiger partial charge in [-0.2, -0.15) is 0 Å². The quantitative estimate of drug-likeness (QED) is 0.645. The van der Waals surface area contributed by atoms with Crippen molar-refractivity contribution >= 4 is 23.4 Å². The van der Waals surface area contributed by atoms with Crippen LogP contribution in [-0.4, -0.2) is 32.3 Å². The SMILES string of the molecule is COC(=O)c1cc(Cl)nc(NCc2ccc(OC)cc2OC)c1. The van der Waals surface area contributed by atoms with Crippen molar-refractivity contribution in [3.63, 3.8) is 0 Å². The lowest BCUT2D eigenvalue weighted by Gasteiger charge is -2.12. The number of rotatable bonds is 6. The molecule has 23 heavy (non-hydrogen) atoms. The van der Waals surface area contributed by atoms with Gasteiger partial charge in [-0.25, -0.2) is 9.78 Å². The Hall–Kier alpha value is -2.47. The predicted molar refractivity (Wildman–Crippen MR) is 87.5 cm³/mol. The van der Waals surface area contributed by atoms with Gasteiger partial charge in [0.05, 0.1) is 26.9 Å². The molecule has 0 radical (unpaired) electrons. The Kier molecular flexibility index (Phi) is 5.65. The lowest BCUT2D eigenvalue weighted by molar-refractivity contribution is 0.0600. The molecule has 0 unspecified atom stereocenters. The molecule has 1 heterocycles. The maximum atomic E-state index is 11.6. The third-order valence-corrected chi connectivity index (χ3v) is 3.36. The van der Waals surface area contributed by atoms with E-state index in [1.807, 2.05) is 12.1 Å². The third kappa shape index (κ3) is 4.26. The highest BCUT2D eigenvalue weighted by atomic mass is 35.5. The van der Waals surface area contributed by atoms with Crippen LogP contribution in [0.15, 0.2) is 30.3 Å². The normalized spacial score (nSPS) is 10.1. The molecule has 0 fully saturated rings. The fourth-order valence-corrected chi connectivity index (χ4v) is 2.22. The zero-order valence-corrected chi connectivity index (χ0v) is 13.8. The molecule has 0 saturated heterocycles. The summed E-state index contributed by atoms with van der Waals surface area (Å²) in [5.41, 5.74) is 1.24. The molecule has 0 amide bonds. The minimum atomic E-state index is -0.473. The number of pyridine rings is 1. The second-order valence-electron chi connectivity index (χ2n) is 4.59. The fourth-order valence-electron chi connectivity index (χ4n) is 2.01. The average Bonchev–Trinajstić information content (AvgIpc) is 2.58. The molecule has 1 aromatic carbocycles. The maximum Gasteiger partial charge on any atom is 0.338 e. The van der Waals surface area contributed by atoms with Gasteiger partial charge in [0.15, 0.2) is 0 Å². The van der Waals surface area contributed by atoms with Crippen molar-refractivity contribution in [3.05, 3.63) is 46.6 Å². The molecule has 0 saturated carbocycles. The Balaban J connectivity index is 2.18. The minimum absolute atomic E-state index is 0.206. The first-order valence-electron chi connectivity index (χ1n) is 6.78. The van der Waals surface area contributed by atoms with Crippen LogP contribution < -0.4 is 14.8 Å². The Labute approximate surface area is 139 Å². The number of nitrogens with one attached hydrogen (secondary N) is 1. The summed E-state index contributed by atoms with van der Waals surface area (Å²) in [6.45, 7) is 0.446. The molecule has 1 aromatic heterocycles. The van der Waals surface area contributed by atoms with E-state index in [2.05, 4.69) is 15.0 Å². The van der Waals surface area contributed by atoms with Gasteiger partial charge in [-0.05, 0) is 24.3 Å². The van der Waals surface area contributed by atoms with Gasteiger partial charge in [-0.1, -0.05) is 11.6 Å². The van der Waals surface area contributed by atoms with E-state index in [0.29, 0.717) is 29.4 Å². The number of nitrogens with zero attached hydrogens (tertiary/aromatic N) is 1. The number of hydrogen-bond donors (Lipinski definition) is 1. The molecule has 1 N–H and O–H groups in total. The van der Waals surface area contributed by atoms with Crippen molar-refractivity contribution in [1.82, 2.24) is 4.98 Å². The van der Waals surface area contributed by atoms with E-state index in [0.717, 1.165) is 5.56 Å². The minimum Gasteiger partial charge on any atom is -0.497 e. The number of aromatic nitrogens is 1. The number of halogens is 1. The Morgan fingerprint density at radius 3 is 2.61 bits per heavy atom. The maximum absolute atomic E-state index is 11.6. The molecule has 0 aliphatic heterocycles. The number of methoxy groups -OCH3 is 3. The molecule has 2 rings (SSSR count). The van der Waals surface area contributed by atoms with E-state index in [-0.39, 0.29) is 5.15 Å². The number of esters is 1. The van der Waals surface area contributed by atoms with Crippen LogP contribution in [-0.2, 0) is 11.3 Å². The lowest BCUT2D eigenvalue weighted by Crippen LogP contribution is -2.07. The topological polar surface area (TPSA) is 69.7 Å². The second-order valence-corrected chi connectivity index (χ2v) is 4.97. The van der Waals surface area contributed by atoms with Gasteiger partial charge in [-0.3, -0.25) is 0 Å². The molecule has 0 aliphatic rings. The highest BCUT2D eigenvalue weighted by Crippen LogP contribution is 2.25. The molecular weight excluding hydrogens is 320 g/mol. The summed E-state index contributed by atoms with van der Waals surface area (Å²) < 4.78 is 15.2. The van der Waals surface area contributed by atoms with Gasteiger partial charge in [0, 0.05) is 18.2 Å².